The van der Waals surface area contributed by atoms with Gasteiger partial charge >= 0.3 is 6.09 Å². The third-order valence-corrected chi connectivity index (χ3v) is 6.72. The summed E-state index contributed by atoms with van der Waals surface area (Å²) >= 11 is 0. The Hall–Kier alpha value is -3.45. The van der Waals surface area contributed by atoms with Crippen LogP contribution < -0.4 is 16.0 Å². The summed E-state index contributed by atoms with van der Waals surface area (Å²) in [5.74, 6) is 1.71. The standard InChI is InChI=1S/C27H29FN4O2/c1-27(2,32-26(33)34-16-17-6-4-3-5-7-17)19-12-23(18-8-10-20(28)11-9-18)30-24(13-19)31-25-21-14-29-15-22(21)25/h3-13,21-22,25,29H,14-16H2,1-2H3,(H,30,31)(H,32,33)/t21-,22+,25?. The molecule has 2 aromatic carbocycles. The van der Waals surface area contributed by atoms with Gasteiger partial charge in [0.15, 0.2) is 0 Å². The zero-order chi connectivity index (χ0) is 23.7. The van der Waals surface area contributed by atoms with E-state index in [9.17, 15) is 9.18 Å². The monoisotopic (exact) mass is 460 g/mol. The molecule has 3 aromatic rings. The molecule has 3 N–H and O–H groups in total. The fraction of sp³-hybridized carbons (Fsp3) is 0.333. The van der Waals surface area contributed by atoms with Crippen LogP contribution in [0.3, 0.4) is 0 Å². The highest BCUT2D eigenvalue weighted by Crippen LogP contribution is 2.44. The van der Waals surface area contributed by atoms with Gasteiger partial charge < -0.3 is 20.7 Å². The number of benzene rings is 2. The number of aromatic nitrogens is 1. The van der Waals surface area contributed by atoms with E-state index in [2.05, 4.69) is 16.0 Å². The summed E-state index contributed by atoms with van der Waals surface area (Å²) in [6, 6.07) is 20.2. The largest absolute Gasteiger partial charge is 0.445 e. The summed E-state index contributed by atoms with van der Waals surface area (Å²) < 4.78 is 18.9. The Morgan fingerprint density at radius 1 is 1.09 bits per heavy atom. The Kier molecular flexibility index (Phi) is 5.96. The molecule has 1 aliphatic heterocycles. The zero-order valence-electron chi connectivity index (χ0n) is 19.3. The summed E-state index contributed by atoms with van der Waals surface area (Å²) in [6.45, 7) is 6.10. The van der Waals surface area contributed by atoms with Crippen molar-refractivity contribution in [1.82, 2.24) is 15.6 Å². The Morgan fingerprint density at radius 3 is 2.50 bits per heavy atom. The van der Waals surface area contributed by atoms with Crippen LogP contribution >= 0.6 is 0 Å². The highest BCUT2D eigenvalue weighted by Gasteiger charge is 2.53. The molecule has 1 unspecified atom stereocenters. The molecular weight excluding hydrogens is 431 g/mol. The third-order valence-electron chi connectivity index (χ3n) is 6.72. The molecule has 2 fully saturated rings. The molecular formula is C27H29FN4O2. The van der Waals surface area contributed by atoms with E-state index in [1.807, 2.05) is 56.3 Å². The number of pyridine rings is 1. The maximum absolute atomic E-state index is 13.5. The highest BCUT2D eigenvalue weighted by molar-refractivity contribution is 5.70. The smallest absolute Gasteiger partial charge is 0.408 e. The van der Waals surface area contributed by atoms with Crippen molar-refractivity contribution in [1.29, 1.82) is 0 Å². The molecule has 34 heavy (non-hydrogen) atoms. The van der Waals surface area contributed by atoms with Gasteiger partial charge in [-0.15, -0.1) is 0 Å². The number of halogens is 1. The number of amides is 1. The third kappa shape index (κ3) is 4.89. The number of rotatable bonds is 7. The summed E-state index contributed by atoms with van der Waals surface area (Å²) in [5.41, 5.74) is 2.62. The molecule has 1 aromatic heterocycles. The van der Waals surface area contributed by atoms with E-state index in [1.165, 1.54) is 12.1 Å². The van der Waals surface area contributed by atoms with Gasteiger partial charge in [0.05, 0.1) is 11.2 Å². The Morgan fingerprint density at radius 2 is 1.79 bits per heavy atom. The number of nitrogens with one attached hydrogen (secondary N) is 3. The minimum absolute atomic E-state index is 0.200. The minimum Gasteiger partial charge on any atom is -0.445 e. The van der Waals surface area contributed by atoms with Crippen LogP contribution in [0.2, 0.25) is 0 Å². The summed E-state index contributed by atoms with van der Waals surface area (Å²) in [6.07, 6.45) is -0.494. The van der Waals surface area contributed by atoms with Crippen LogP contribution in [0, 0.1) is 17.7 Å². The Balaban J connectivity index is 1.36. The van der Waals surface area contributed by atoms with Crippen LogP contribution in [0.1, 0.15) is 25.0 Å². The average Bonchev–Trinajstić information content (AvgIpc) is 3.23. The highest BCUT2D eigenvalue weighted by atomic mass is 19.1. The first-order valence-corrected chi connectivity index (χ1v) is 11.6. The molecule has 3 atom stereocenters. The molecule has 1 aliphatic carbocycles. The lowest BCUT2D eigenvalue weighted by atomic mass is 9.93. The maximum Gasteiger partial charge on any atom is 0.408 e. The average molecular weight is 461 g/mol. The van der Waals surface area contributed by atoms with Gasteiger partial charge in [0.25, 0.3) is 0 Å². The van der Waals surface area contributed by atoms with Crippen LogP contribution in [0.4, 0.5) is 15.0 Å². The first-order chi connectivity index (χ1) is 16.4. The second-order valence-electron chi connectivity index (χ2n) is 9.60. The van der Waals surface area contributed by atoms with E-state index in [0.717, 1.165) is 41.3 Å². The summed E-state index contributed by atoms with van der Waals surface area (Å²) in [7, 11) is 0. The van der Waals surface area contributed by atoms with Gasteiger partial charge in [-0.25, -0.2) is 14.2 Å². The van der Waals surface area contributed by atoms with Gasteiger partial charge in [-0.05, 0) is 73.2 Å². The second kappa shape index (κ2) is 9.06. The Labute approximate surface area is 198 Å². The van der Waals surface area contributed by atoms with Crippen molar-refractivity contribution in [2.24, 2.45) is 11.8 Å². The molecule has 0 radical (unpaired) electrons. The molecule has 6 nitrogen and oxygen atoms in total. The van der Waals surface area contributed by atoms with Gasteiger partial charge in [0.1, 0.15) is 18.2 Å². The minimum atomic E-state index is -0.719. The SMILES string of the molecule is CC(C)(NC(=O)OCc1ccccc1)c1cc(NC2[C@H]3CNC[C@@H]23)nc(-c2ccc(F)cc2)c1. The van der Waals surface area contributed by atoms with Crippen molar-refractivity contribution >= 4 is 11.9 Å². The van der Waals surface area contributed by atoms with Gasteiger partial charge in [-0.1, -0.05) is 30.3 Å². The van der Waals surface area contributed by atoms with E-state index in [-0.39, 0.29) is 12.4 Å². The summed E-state index contributed by atoms with van der Waals surface area (Å²) in [4.78, 5) is 17.4. The van der Waals surface area contributed by atoms with E-state index in [0.29, 0.717) is 17.9 Å². The summed E-state index contributed by atoms with van der Waals surface area (Å²) in [5, 5.41) is 9.97. The molecule has 2 heterocycles. The van der Waals surface area contributed by atoms with E-state index < -0.39 is 11.6 Å². The normalized spacial score (nSPS) is 21.0. The lowest BCUT2D eigenvalue weighted by molar-refractivity contribution is 0.129. The number of carbonyl (C=O) groups excluding carboxylic acids is 1. The van der Waals surface area contributed by atoms with Crippen LogP contribution in [0.25, 0.3) is 11.3 Å². The number of alkyl carbamates (subject to hydrolysis) is 1. The van der Waals surface area contributed by atoms with Crippen molar-refractivity contribution in [3.63, 3.8) is 0 Å². The first kappa shape index (κ1) is 22.3. The van der Waals surface area contributed by atoms with Crippen molar-refractivity contribution < 1.29 is 13.9 Å². The number of hydrogen-bond donors (Lipinski definition) is 3. The van der Waals surface area contributed by atoms with E-state index in [1.54, 1.807) is 12.1 Å². The van der Waals surface area contributed by atoms with Crippen molar-refractivity contribution in [3.8, 4) is 11.3 Å². The lowest BCUT2D eigenvalue weighted by Crippen LogP contribution is -2.41. The van der Waals surface area contributed by atoms with Gasteiger partial charge in [-0.3, -0.25) is 0 Å². The molecule has 5 rings (SSSR count). The molecule has 1 saturated heterocycles. The number of nitrogens with zero attached hydrogens (tertiary/aromatic N) is 1. The van der Waals surface area contributed by atoms with Gasteiger partial charge in [0.2, 0.25) is 0 Å². The fourth-order valence-corrected chi connectivity index (χ4v) is 4.62. The zero-order valence-corrected chi connectivity index (χ0v) is 19.3. The van der Waals surface area contributed by atoms with Gasteiger partial charge in [-0.2, -0.15) is 0 Å². The predicted octanol–water partition coefficient (Wildman–Crippen LogP) is 4.68. The second-order valence-corrected chi connectivity index (χ2v) is 9.60. The first-order valence-electron chi connectivity index (χ1n) is 11.6. The number of hydrogen-bond acceptors (Lipinski definition) is 5. The number of piperidine rings is 1. The van der Waals surface area contributed by atoms with Crippen LogP contribution in [-0.2, 0) is 16.9 Å². The molecule has 1 amide bonds. The quantitative estimate of drug-likeness (QED) is 0.477. The van der Waals surface area contributed by atoms with Crippen molar-refractivity contribution in [2.45, 2.75) is 32.0 Å². The molecule has 7 heteroatoms. The Bertz CT molecular complexity index is 1160. The number of ether oxygens (including phenoxy) is 1. The number of fused-ring (bicyclic) bond motifs is 1. The van der Waals surface area contributed by atoms with E-state index >= 15 is 0 Å². The van der Waals surface area contributed by atoms with Crippen LogP contribution in [0.5, 0.6) is 0 Å². The maximum atomic E-state index is 13.5. The van der Waals surface area contributed by atoms with Crippen molar-refractivity contribution in [2.75, 3.05) is 18.4 Å². The van der Waals surface area contributed by atoms with Gasteiger partial charge in [0, 0.05) is 24.7 Å². The lowest BCUT2D eigenvalue weighted by Gasteiger charge is -2.27. The molecule has 0 bridgehead atoms. The number of anilines is 1. The molecule has 2 aliphatic rings. The van der Waals surface area contributed by atoms with Crippen LogP contribution in [0.15, 0.2) is 66.7 Å². The van der Waals surface area contributed by atoms with Crippen molar-refractivity contribution in [3.05, 3.63) is 83.7 Å². The molecule has 176 valence electrons. The van der Waals surface area contributed by atoms with Crippen LogP contribution in [-0.4, -0.2) is 30.2 Å². The van der Waals surface area contributed by atoms with E-state index in [4.69, 9.17) is 9.72 Å². The topological polar surface area (TPSA) is 75.3 Å². The molecule has 0 spiro atoms. The number of carbonyl (C=O) groups is 1. The predicted molar refractivity (Wildman–Crippen MR) is 130 cm³/mol. The molecule has 1 saturated carbocycles. The fourth-order valence-electron chi connectivity index (χ4n) is 4.62.